The fourth-order valence-corrected chi connectivity index (χ4v) is 2.40. The first kappa shape index (κ1) is 12.5. The van der Waals surface area contributed by atoms with Gasteiger partial charge in [-0.25, -0.2) is 4.39 Å². The minimum absolute atomic E-state index is 0.150. The third kappa shape index (κ3) is 2.50. The van der Waals surface area contributed by atoms with E-state index in [1.54, 1.807) is 6.92 Å². The lowest BCUT2D eigenvalue weighted by Crippen LogP contribution is -2.36. The molecular formula is C13H14ClFO2. The second-order valence-corrected chi connectivity index (χ2v) is 4.90. The smallest absolute Gasteiger partial charge is 0.186 e. The van der Waals surface area contributed by atoms with Gasteiger partial charge in [0.05, 0.1) is 0 Å². The van der Waals surface area contributed by atoms with Crippen LogP contribution >= 0.6 is 11.6 Å². The van der Waals surface area contributed by atoms with E-state index in [4.69, 9.17) is 16.3 Å². The molecule has 0 spiro atoms. The Hall–Kier alpha value is -0.930. The monoisotopic (exact) mass is 256 g/mol. The van der Waals surface area contributed by atoms with Crippen molar-refractivity contribution in [3.63, 3.8) is 0 Å². The fraction of sp³-hybridized carbons (Fsp3) is 0.462. The minimum atomic E-state index is -0.791. The van der Waals surface area contributed by atoms with Gasteiger partial charge in [0.2, 0.25) is 0 Å². The summed E-state index contributed by atoms with van der Waals surface area (Å²) >= 11 is 6.13. The van der Waals surface area contributed by atoms with Crippen LogP contribution in [0.15, 0.2) is 24.3 Å². The normalized spacial score (nSPS) is 25.8. The van der Waals surface area contributed by atoms with Crippen molar-refractivity contribution in [2.24, 2.45) is 0 Å². The summed E-state index contributed by atoms with van der Waals surface area (Å²) in [6.45, 7) is 2.36. The van der Waals surface area contributed by atoms with Gasteiger partial charge in [0, 0.05) is 6.61 Å². The van der Waals surface area contributed by atoms with Gasteiger partial charge < -0.3 is 4.74 Å². The first-order valence-corrected chi connectivity index (χ1v) is 6.04. The quantitative estimate of drug-likeness (QED) is 0.776. The van der Waals surface area contributed by atoms with Crippen LogP contribution in [0.1, 0.15) is 30.7 Å². The van der Waals surface area contributed by atoms with E-state index in [-0.39, 0.29) is 11.6 Å². The van der Waals surface area contributed by atoms with E-state index in [9.17, 15) is 9.18 Å². The average Bonchev–Trinajstić information content (AvgIpc) is 2.76. The number of hydrogen-bond acceptors (Lipinski definition) is 2. The summed E-state index contributed by atoms with van der Waals surface area (Å²) in [7, 11) is 0. The minimum Gasteiger partial charge on any atom is -0.367 e. The molecule has 2 atom stereocenters. The first-order valence-electron chi connectivity index (χ1n) is 5.61. The highest BCUT2D eigenvalue weighted by Gasteiger charge is 2.41. The Morgan fingerprint density at radius 2 is 2.12 bits per heavy atom. The van der Waals surface area contributed by atoms with Crippen LogP contribution in [-0.4, -0.2) is 18.0 Å². The maximum Gasteiger partial charge on any atom is 0.186 e. The van der Waals surface area contributed by atoms with Gasteiger partial charge in [-0.3, -0.25) is 4.79 Å². The van der Waals surface area contributed by atoms with Crippen LogP contribution in [0.25, 0.3) is 0 Å². The van der Waals surface area contributed by atoms with Crippen molar-refractivity contribution in [1.82, 2.24) is 0 Å². The largest absolute Gasteiger partial charge is 0.367 e. The molecule has 1 fully saturated rings. The summed E-state index contributed by atoms with van der Waals surface area (Å²) in [5, 5.41) is -0.779. The third-order valence-electron chi connectivity index (χ3n) is 3.13. The van der Waals surface area contributed by atoms with Gasteiger partial charge in [-0.1, -0.05) is 12.1 Å². The van der Waals surface area contributed by atoms with E-state index in [2.05, 4.69) is 0 Å². The van der Waals surface area contributed by atoms with E-state index >= 15 is 0 Å². The van der Waals surface area contributed by atoms with Gasteiger partial charge in [-0.15, -0.1) is 11.6 Å². The highest BCUT2D eigenvalue weighted by Crippen LogP contribution is 2.34. The highest BCUT2D eigenvalue weighted by atomic mass is 35.5. The highest BCUT2D eigenvalue weighted by molar-refractivity contribution is 6.32. The predicted octanol–water partition coefficient (Wildman–Crippen LogP) is 3.24. The van der Waals surface area contributed by atoms with E-state index < -0.39 is 11.0 Å². The molecule has 1 aromatic carbocycles. The number of carbonyl (C=O) groups is 1. The number of Topliss-reactive ketones (excluding diaryl/α,β-unsaturated/α-hetero) is 1. The molecule has 1 heterocycles. The van der Waals surface area contributed by atoms with Crippen molar-refractivity contribution in [3.8, 4) is 0 Å². The predicted molar refractivity (Wildman–Crippen MR) is 63.6 cm³/mol. The van der Waals surface area contributed by atoms with Crippen molar-refractivity contribution >= 4 is 17.4 Å². The van der Waals surface area contributed by atoms with E-state index in [0.717, 1.165) is 6.42 Å². The Balaban J connectivity index is 2.17. The molecule has 2 unspecified atom stereocenters. The summed E-state index contributed by atoms with van der Waals surface area (Å²) in [4.78, 5) is 12.2. The molecule has 0 radical (unpaired) electrons. The molecule has 0 amide bonds. The summed E-state index contributed by atoms with van der Waals surface area (Å²) < 4.78 is 18.2. The van der Waals surface area contributed by atoms with Crippen LogP contribution in [0.5, 0.6) is 0 Å². The topological polar surface area (TPSA) is 26.3 Å². The molecule has 0 N–H and O–H groups in total. The van der Waals surface area contributed by atoms with Gasteiger partial charge in [-0.05, 0) is 37.5 Å². The molecular weight excluding hydrogens is 243 g/mol. The summed E-state index contributed by atoms with van der Waals surface area (Å²) in [6.07, 6.45) is 1.56. The molecule has 92 valence electrons. The second-order valence-electron chi connectivity index (χ2n) is 4.46. The molecule has 0 bridgehead atoms. The lowest BCUT2D eigenvalue weighted by atomic mass is 9.92. The number of rotatable bonds is 3. The van der Waals surface area contributed by atoms with E-state index in [0.29, 0.717) is 18.6 Å². The van der Waals surface area contributed by atoms with Crippen LogP contribution in [0, 0.1) is 5.82 Å². The molecule has 0 saturated carbocycles. The number of benzene rings is 1. The number of hydrogen-bond donors (Lipinski definition) is 0. The average molecular weight is 257 g/mol. The Morgan fingerprint density at radius 1 is 1.47 bits per heavy atom. The lowest BCUT2D eigenvalue weighted by Gasteiger charge is -2.24. The molecule has 2 rings (SSSR count). The fourth-order valence-electron chi connectivity index (χ4n) is 2.02. The number of carbonyl (C=O) groups excluding carboxylic acids is 1. The van der Waals surface area contributed by atoms with Crippen molar-refractivity contribution in [2.75, 3.05) is 6.61 Å². The summed E-state index contributed by atoms with van der Waals surface area (Å²) in [6, 6.07) is 5.66. The van der Waals surface area contributed by atoms with Crippen LogP contribution in [0.3, 0.4) is 0 Å². The number of ether oxygens (including phenoxy) is 1. The van der Waals surface area contributed by atoms with Crippen molar-refractivity contribution < 1.29 is 13.9 Å². The van der Waals surface area contributed by atoms with Crippen LogP contribution in [0.4, 0.5) is 4.39 Å². The molecule has 1 aliphatic rings. The zero-order valence-electron chi connectivity index (χ0n) is 9.58. The lowest BCUT2D eigenvalue weighted by molar-refractivity contribution is -0.136. The number of ketones is 1. The van der Waals surface area contributed by atoms with Crippen LogP contribution in [0.2, 0.25) is 0 Å². The Labute approximate surface area is 105 Å². The Bertz CT molecular complexity index is 410. The molecule has 1 aliphatic heterocycles. The molecule has 2 nitrogen and oxygen atoms in total. The zero-order chi connectivity index (χ0) is 12.5. The third-order valence-corrected chi connectivity index (χ3v) is 3.58. The van der Waals surface area contributed by atoms with E-state index in [1.807, 2.05) is 0 Å². The molecule has 17 heavy (non-hydrogen) atoms. The standard InChI is InChI=1S/C13H14ClFO2/c1-13(7-2-8-17-13)12(16)11(14)9-3-5-10(15)6-4-9/h3-6,11H,2,7-8H2,1H3. The second kappa shape index (κ2) is 4.75. The summed E-state index contributed by atoms with van der Waals surface area (Å²) in [5.41, 5.74) is -0.185. The van der Waals surface area contributed by atoms with Crippen LogP contribution in [-0.2, 0) is 9.53 Å². The van der Waals surface area contributed by atoms with Crippen molar-refractivity contribution in [3.05, 3.63) is 35.6 Å². The Kier molecular flexibility index (Phi) is 3.50. The van der Waals surface area contributed by atoms with Gasteiger partial charge in [0.1, 0.15) is 16.8 Å². The summed E-state index contributed by atoms with van der Waals surface area (Å²) in [5.74, 6) is -0.489. The van der Waals surface area contributed by atoms with E-state index in [1.165, 1.54) is 24.3 Å². The number of alkyl halides is 1. The van der Waals surface area contributed by atoms with Gasteiger partial charge in [0.15, 0.2) is 5.78 Å². The van der Waals surface area contributed by atoms with Gasteiger partial charge >= 0.3 is 0 Å². The molecule has 0 aliphatic carbocycles. The Morgan fingerprint density at radius 3 is 2.65 bits per heavy atom. The first-order chi connectivity index (χ1) is 8.03. The number of halogens is 2. The van der Waals surface area contributed by atoms with Gasteiger partial charge in [-0.2, -0.15) is 0 Å². The van der Waals surface area contributed by atoms with Crippen LogP contribution < -0.4 is 0 Å². The molecule has 1 saturated heterocycles. The zero-order valence-corrected chi connectivity index (χ0v) is 10.3. The maximum atomic E-state index is 12.8. The SMILES string of the molecule is CC1(C(=O)C(Cl)c2ccc(F)cc2)CCCO1. The van der Waals surface area contributed by atoms with Gasteiger partial charge in [0.25, 0.3) is 0 Å². The van der Waals surface area contributed by atoms with Crippen molar-refractivity contribution in [2.45, 2.75) is 30.7 Å². The molecule has 0 aromatic heterocycles. The van der Waals surface area contributed by atoms with Crippen molar-refractivity contribution in [1.29, 1.82) is 0 Å². The molecule has 1 aromatic rings. The molecule has 4 heteroatoms. The maximum absolute atomic E-state index is 12.8.